The third-order valence-electron chi connectivity index (χ3n) is 2.86. The molecule has 14 heavy (non-hydrogen) atoms. The zero-order chi connectivity index (χ0) is 10.8. The molecular weight excluding hydrogens is 176 g/mol. The van der Waals surface area contributed by atoms with Crippen LogP contribution < -0.4 is 5.73 Å². The number of nitrogens with zero attached hydrogens (tertiary/aromatic N) is 1. The molecule has 82 valence electrons. The van der Waals surface area contributed by atoms with Crippen LogP contribution in [0, 0.1) is 5.92 Å². The van der Waals surface area contributed by atoms with Gasteiger partial charge in [-0.15, -0.1) is 0 Å². The highest BCUT2D eigenvalue weighted by Crippen LogP contribution is 2.18. The van der Waals surface area contributed by atoms with Crippen LogP contribution in [0.2, 0.25) is 0 Å². The molecule has 1 unspecified atom stereocenters. The molecule has 1 fully saturated rings. The lowest BCUT2D eigenvalue weighted by Crippen LogP contribution is -2.51. The van der Waals surface area contributed by atoms with Crippen molar-refractivity contribution >= 4 is 5.91 Å². The molecule has 1 rings (SSSR count). The Morgan fingerprint density at radius 3 is 2.57 bits per heavy atom. The van der Waals surface area contributed by atoms with Crippen molar-refractivity contribution < 1.29 is 4.79 Å². The van der Waals surface area contributed by atoms with E-state index < -0.39 is 5.54 Å². The van der Waals surface area contributed by atoms with E-state index in [2.05, 4.69) is 6.92 Å². The van der Waals surface area contributed by atoms with Crippen molar-refractivity contribution in [1.29, 1.82) is 0 Å². The molecule has 1 atom stereocenters. The SMILES string of the molecule is CC1CCCN(C(=O)C(C)(C)N)CC1. The lowest BCUT2D eigenvalue weighted by molar-refractivity contribution is -0.135. The van der Waals surface area contributed by atoms with E-state index in [1.165, 1.54) is 6.42 Å². The van der Waals surface area contributed by atoms with Gasteiger partial charge in [0.1, 0.15) is 0 Å². The predicted molar refractivity (Wildman–Crippen MR) is 57.9 cm³/mol. The number of rotatable bonds is 1. The molecular formula is C11H22N2O. The quantitative estimate of drug-likeness (QED) is 0.691. The second-order valence-electron chi connectivity index (χ2n) is 5.05. The van der Waals surface area contributed by atoms with Crippen molar-refractivity contribution in [3.05, 3.63) is 0 Å². The minimum atomic E-state index is -0.715. The molecule has 0 bridgehead atoms. The third kappa shape index (κ3) is 2.98. The number of carbonyl (C=O) groups is 1. The van der Waals surface area contributed by atoms with E-state index in [0.717, 1.165) is 31.8 Å². The highest BCUT2D eigenvalue weighted by molar-refractivity contribution is 5.85. The average Bonchev–Trinajstić information content (AvgIpc) is 2.27. The Hall–Kier alpha value is -0.570. The van der Waals surface area contributed by atoms with E-state index in [1.807, 2.05) is 4.90 Å². The van der Waals surface area contributed by atoms with Crippen molar-refractivity contribution in [1.82, 2.24) is 4.90 Å². The molecule has 3 nitrogen and oxygen atoms in total. The molecule has 2 N–H and O–H groups in total. The largest absolute Gasteiger partial charge is 0.341 e. The zero-order valence-corrected chi connectivity index (χ0v) is 9.55. The molecule has 0 aliphatic carbocycles. The van der Waals surface area contributed by atoms with Crippen LogP contribution in [0.1, 0.15) is 40.0 Å². The topological polar surface area (TPSA) is 46.3 Å². The maximum atomic E-state index is 11.9. The number of hydrogen-bond donors (Lipinski definition) is 1. The highest BCUT2D eigenvalue weighted by Gasteiger charge is 2.28. The Bertz CT molecular complexity index is 208. The standard InChI is InChI=1S/C11H22N2O/c1-9-5-4-7-13(8-6-9)10(14)11(2,3)12/h9H,4-8,12H2,1-3H3. The Morgan fingerprint density at radius 2 is 2.00 bits per heavy atom. The maximum Gasteiger partial charge on any atom is 0.242 e. The molecule has 0 radical (unpaired) electrons. The molecule has 0 spiro atoms. The Labute approximate surface area is 86.6 Å². The smallest absolute Gasteiger partial charge is 0.242 e. The van der Waals surface area contributed by atoms with Gasteiger partial charge in [-0.05, 0) is 39.0 Å². The number of nitrogens with two attached hydrogens (primary N) is 1. The van der Waals surface area contributed by atoms with Crippen molar-refractivity contribution in [2.75, 3.05) is 13.1 Å². The minimum Gasteiger partial charge on any atom is -0.341 e. The molecule has 1 aliphatic heterocycles. The van der Waals surface area contributed by atoms with Gasteiger partial charge in [0.05, 0.1) is 5.54 Å². The van der Waals surface area contributed by atoms with Gasteiger partial charge in [-0.25, -0.2) is 0 Å². The van der Waals surface area contributed by atoms with Gasteiger partial charge in [0.15, 0.2) is 0 Å². The van der Waals surface area contributed by atoms with Gasteiger partial charge in [-0.3, -0.25) is 4.79 Å². The highest BCUT2D eigenvalue weighted by atomic mass is 16.2. The lowest BCUT2D eigenvalue weighted by Gasteiger charge is -2.28. The second kappa shape index (κ2) is 4.30. The van der Waals surface area contributed by atoms with Crippen molar-refractivity contribution in [2.24, 2.45) is 11.7 Å². The summed E-state index contributed by atoms with van der Waals surface area (Å²) in [4.78, 5) is 13.8. The van der Waals surface area contributed by atoms with Crippen LogP contribution in [0.25, 0.3) is 0 Å². The van der Waals surface area contributed by atoms with Gasteiger partial charge >= 0.3 is 0 Å². The van der Waals surface area contributed by atoms with E-state index in [-0.39, 0.29) is 5.91 Å². The summed E-state index contributed by atoms with van der Waals surface area (Å²) in [7, 11) is 0. The summed E-state index contributed by atoms with van der Waals surface area (Å²) in [6, 6.07) is 0. The average molecular weight is 198 g/mol. The molecule has 3 heteroatoms. The Morgan fingerprint density at radius 1 is 1.36 bits per heavy atom. The first-order chi connectivity index (χ1) is 6.41. The Balaban J connectivity index is 2.56. The summed E-state index contributed by atoms with van der Waals surface area (Å²) in [6.45, 7) is 7.57. The van der Waals surface area contributed by atoms with Crippen molar-refractivity contribution in [3.63, 3.8) is 0 Å². The van der Waals surface area contributed by atoms with Gasteiger partial charge in [0.2, 0.25) is 5.91 Å². The third-order valence-corrected chi connectivity index (χ3v) is 2.86. The van der Waals surface area contributed by atoms with Crippen LogP contribution in [-0.2, 0) is 4.79 Å². The summed E-state index contributed by atoms with van der Waals surface area (Å²) in [6.07, 6.45) is 3.46. The van der Waals surface area contributed by atoms with Crippen LogP contribution in [0.4, 0.5) is 0 Å². The van der Waals surface area contributed by atoms with Crippen molar-refractivity contribution in [2.45, 2.75) is 45.6 Å². The second-order valence-corrected chi connectivity index (χ2v) is 5.05. The summed E-state index contributed by atoms with van der Waals surface area (Å²) in [5.74, 6) is 0.834. The van der Waals surface area contributed by atoms with Gasteiger partial charge in [0, 0.05) is 13.1 Å². The molecule has 1 amide bonds. The fourth-order valence-electron chi connectivity index (χ4n) is 1.87. The summed E-state index contributed by atoms with van der Waals surface area (Å²) in [5, 5.41) is 0. The fraction of sp³-hybridized carbons (Fsp3) is 0.909. The summed E-state index contributed by atoms with van der Waals surface area (Å²) >= 11 is 0. The molecule has 1 aliphatic rings. The molecule has 1 saturated heterocycles. The Kier molecular flexibility index (Phi) is 3.53. The first-order valence-corrected chi connectivity index (χ1v) is 5.49. The van der Waals surface area contributed by atoms with Gasteiger partial charge in [-0.1, -0.05) is 6.92 Å². The van der Waals surface area contributed by atoms with Crippen LogP contribution in [0.15, 0.2) is 0 Å². The van der Waals surface area contributed by atoms with Gasteiger partial charge in [-0.2, -0.15) is 0 Å². The van der Waals surface area contributed by atoms with E-state index in [9.17, 15) is 4.79 Å². The van der Waals surface area contributed by atoms with Gasteiger partial charge in [0.25, 0.3) is 0 Å². The molecule has 0 aromatic heterocycles. The van der Waals surface area contributed by atoms with Gasteiger partial charge < -0.3 is 10.6 Å². The number of likely N-dealkylation sites (tertiary alicyclic amines) is 1. The zero-order valence-electron chi connectivity index (χ0n) is 9.55. The molecule has 1 heterocycles. The van der Waals surface area contributed by atoms with Crippen LogP contribution in [0.3, 0.4) is 0 Å². The van der Waals surface area contributed by atoms with Crippen molar-refractivity contribution in [3.8, 4) is 0 Å². The first kappa shape index (κ1) is 11.5. The van der Waals surface area contributed by atoms with E-state index in [0.29, 0.717) is 0 Å². The molecule has 0 aromatic carbocycles. The molecule has 0 saturated carbocycles. The van der Waals surface area contributed by atoms with Crippen LogP contribution in [-0.4, -0.2) is 29.4 Å². The van der Waals surface area contributed by atoms with E-state index in [1.54, 1.807) is 13.8 Å². The lowest BCUT2D eigenvalue weighted by atomic mass is 10.0. The van der Waals surface area contributed by atoms with E-state index >= 15 is 0 Å². The monoisotopic (exact) mass is 198 g/mol. The fourth-order valence-corrected chi connectivity index (χ4v) is 1.87. The normalized spacial score (nSPS) is 24.6. The first-order valence-electron chi connectivity index (χ1n) is 5.49. The summed E-state index contributed by atoms with van der Waals surface area (Å²) in [5.41, 5.74) is 5.09. The van der Waals surface area contributed by atoms with E-state index in [4.69, 9.17) is 5.73 Å². The summed E-state index contributed by atoms with van der Waals surface area (Å²) < 4.78 is 0. The molecule has 0 aromatic rings. The minimum absolute atomic E-state index is 0.0894. The van der Waals surface area contributed by atoms with Crippen LogP contribution >= 0.6 is 0 Å². The predicted octanol–water partition coefficient (Wildman–Crippen LogP) is 1.37. The number of hydrogen-bond acceptors (Lipinski definition) is 2. The van der Waals surface area contributed by atoms with Crippen LogP contribution in [0.5, 0.6) is 0 Å². The maximum absolute atomic E-state index is 11.9. The number of carbonyl (C=O) groups excluding carboxylic acids is 1. The number of amides is 1.